The van der Waals surface area contributed by atoms with Crippen molar-refractivity contribution in [2.24, 2.45) is 0 Å². The molecule has 1 aliphatic rings. The van der Waals surface area contributed by atoms with Gasteiger partial charge in [-0.3, -0.25) is 4.79 Å². The second kappa shape index (κ2) is 6.85. The highest BCUT2D eigenvalue weighted by molar-refractivity contribution is 7.89. The number of amides is 1. The smallest absolute Gasteiger partial charge is 0.243 e. The summed E-state index contributed by atoms with van der Waals surface area (Å²) < 4.78 is 26.4. The molecule has 0 atom stereocenters. The molecule has 132 valence electrons. The highest BCUT2D eigenvalue weighted by Gasteiger charge is 2.21. The van der Waals surface area contributed by atoms with Crippen molar-refractivity contribution >= 4 is 27.3 Å². The Morgan fingerprint density at radius 2 is 1.96 bits per heavy atom. The molecular formula is C18H21N3O3S. The molecule has 0 saturated heterocycles. The number of nitrogens with zero attached hydrogens (tertiary/aromatic N) is 1. The second-order valence-electron chi connectivity index (χ2n) is 6.04. The Hall–Kier alpha value is -2.38. The van der Waals surface area contributed by atoms with Crippen LogP contribution in [0.5, 0.6) is 0 Å². The Morgan fingerprint density at radius 3 is 2.72 bits per heavy atom. The minimum absolute atomic E-state index is 0.166. The van der Waals surface area contributed by atoms with Crippen molar-refractivity contribution < 1.29 is 13.2 Å². The summed E-state index contributed by atoms with van der Waals surface area (Å²) in [6, 6.07) is 12.9. The Labute approximate surface area is 147 Å². The van der Waals surface area contributed by atoms with Crippen LogP contribution in [0.3, 0.4) is 0 Å². The van der Waals surface area contributed by atoms with Gasteiger partial charge in [-0.05, 0) is 49.7 Å². The van der Waals surface area contributed by atoms with Gasteiger partial charge in [0.05, 0.1) is 11.4 Å². The van der Waals surface area contributed by atoms with Crippen LogP contribution < -0.4 is 14.9 Å². The number of hydrogen-bond donors (Lipinski definition) is 2. The molecule has 3 rings (SSSR count). The van der Waals surface area contributed by atoms with Gasteiger partial charge in [0.25, 0.3) is 0 Å². The molecule has 1 aliphatic heterocycles. The van der Waals surface area contributed by atoms with E-state index in [2.05, 4.69) is 16.1 Å². The van der Waals surface area contributed by atoms with Gasteiger partial charge in [-0.1, -0.05) is 24.3 Å². The first kappa shape index (κ1) is 17.4. The maximum Gasteiger partial charge on any atom is 0.243 e. The normalized spacial score (nSPS) is 13.6. The summed E-state index contributed by atoms with van der Waals surface area (Å²) >= 11 is 0. The van der Waals surface area contributed by atoms with E-state index < -0.39 is 10.0 Å². The van der Waals surface area contributed by atoms with Gasteiger partial charge in [0.15, 0.2) is 0 Å². The number of sulfonamides is 1. The van der Waals surface area contributed by atoms with E-state index in [0.29, 0.717) is 11.3 Å². The zero-order chi connectivity index (χ0) is 18.0. The number of nitrogens with one attached hydrogen (secondary N) is 2. The third-order valence-corrected chi connectivity index (χ3v) is 5.90. The average Bonchev–Trinajstić information content (AvgIpc) is 2.99. The van der Waals surface area contributed by atoms with E-state index in [1.165, 1.54) is 18.7 Å². The third-order valence-electron chi connectivity index (χ3n) is 4.35. The number of rotatable bonds is 5. The number of anilines is 2. The summed E-state index contributed by atoms with van der Waals surface area (Å²) in [5, 5.41) is 2.79. The van der Waals surface area contributed by atoms with Crippen molar-refractivity contribution in [3.8, 4) is 0 Å². The van der Waals surface area contributed by atoms with Crippen LogP contribution in [0.15, 0.2) is 47.4 Å². The number of carbonyl (C=O) groups excluding carboxylic acids is 1. The van der Waals surface area contributed by atoms with Gasteiger partial charge in [0.2, 0.25) is 15.9 Å². The monoisotopic (exact) mass is 359 g/mol. The van der Waals surface area contributed by atoms with Crippen LogP contribution in [0.4, 0.5) is 11.4 Å². The lowest BCUT2D eigenvalue weighted by Gasteiger charge is -2.19. The van der Waals surface area contributed by atoms with Gasteiger partial charge in [-0.2, -0.15) is 0 Å². The molecule has 1 amide bonds. The van der Waals surface area contributed by atoms with Gasteiger partial charge in [-0.15, -0.1) is 0 Å². The number of fused-ring (bicyclic) bond motifs is 1. The van der Waals surface area contributed by atoms with Crippen LogP contribution in [0.1, 0.15) is 11.1 Å². The predicted octanol–water partition coefficient (Wildman–Crippen LogP) is 1.90. The Bertz CT molecular complexity index is 910. The van der Waals surface area contributed by atoms with E-state index >= 15 is 0 Å². The first-order chi connectivity index (χ1) is 11.9. The predicted molar refractivity (Wildman–Crippen MR) is 98.4 cm³/mol. The van der Waals surface area contributed by atoms with Crippen LogP contribution in [0.2, 0.25) is 0 Å². The quantitative estimate of drug-likeness (QED) is 0.855. The van der Waals surface area contributed by atoms with Gasteiger partial charge < -0.3 is 10.2 Å². The fourth-order valence-electron chi connectivity index (χ4n) is 3.02. The van der Waals surface area contributed by atoms with E-state index in [4.69, 9.17) is 0 Å². The number of aryl methyl sites for hydroxylation is 1. The Morgan fingerprint density at radius 1 is 1.20 bits per heavy atom. The summed E-state index contributed by atoms with van der Waals surface area (Å²) in [4.78, 5) is 14.6. The molecule has 0 spiro atoms. The minimum Gasteiger partial charge on any atom is -0.362 e. The molecular weight excluding hydrogens is 338 g/mol. The summed E-state index contributed by atoms with van der Waals surface area (Å²) in [7, 11) is -2.20. The highest BCUT2D eigenvalue weighted by atomic mass is 32.2. The maximum atomic E-state index is 12.4. The van der Waals surface area contributed by atoms with E-state index in [0.717, 1.165) is 18.7 Å². The molecule has 0 aromatic heterocycles. The molecule has 0 fully saturated rings. The molecule has 0 aliphatic carbocycles. The van der Waals surface area contributed by atoms with Crippen molar-refractivity contribution in [2.75, 3.05) is 30.4 Å². The fourth-order valence-corrected chi connectivity index (χ4v) is 4.02. The molecule has 0 unspecified atom stereocenters. The van der Waals surface area contributed by atoms with Crippen molar-refractivity contribution in [3.05, 3.63) is 53.6 Å². The molecule has 2 aromatic rings. The van der Waals surface area contributed by atoms with Gasteiger partial charge in [0, 0.05) is 17.9 Å². The first-order valence-electron chi connectivity index (χ1n) is 8.07. The van der Waals surface area contributed by atoms with Crippen LogP contribution in [-0.4, -0.2) is 34.5 Å². The van der Waals surface area contributed by atoms with Crippen molar-refractivity contribution in [1.29, 1.82) is 0 Å². The Balaban J connectivity index is 1.73. The maximum absolute atomic E-state index is 12.4. The SMILES string of the molecule is CNS(=O)(=O)c1cc(NC(=O)CN2CCc3ccccc32)ccc1C. The molecule has 2 N–H and O–H groups in total. The summed E-state index contributed by atoms with van der Waals surface area (Å²) in [5.74, 6) is -0.173. The van der Waals surface area contributed by atoms with E-state index in [1.54, 1.807) is 19.1 Å². The van der Waals surface area contributed by atoms with Gasteiger partial charge in [-0.25, -0.2) is 13.1 Å². The number of para-hydroxylation sites is 1. The zero-order valence-corrected chi connectivity index (χ0v) is 15.1. The summed E-state index contributed by atoms with van der Waals surface area (Å²) in [5.41, 5.74) is 3.42. The van der Waals surface area contributed by atoms with Crippen LogP contribution in [0.25, 0.3) is 0 Å². The van der Waals surface area contributed by atoms with Gasteiger partial charge >= 0.3 is 0 Å². The van der Waals surface area contributed by atoms with E-state index in [1.807, 2.05) is 23.1 Å². The molecule has 2 aromatic carbocycles. The lowest BCUT2D eigenvalue weighted by molar-refractivity contribution is -0.115. The van der Waals surface area contributed by atoms with Crippen LogP contribution in [0, 0.1) is 6.92 Å². The van der Waals surface area contributed by atoms with Crippen molar-refractivity contribution in [1.82, 2.24) is 4.72 Å². The van der Waals surface area contributed by atoms with Crippen LogP contribution in [-0.2, 0) is 21.2 Å². The molecule has 1 heterocycles. The number of hydrogen-bond acceptors (Lipinski definition) is 4. The van der Waals surface area contributed by atoms with Crippen LogP contribution >= 0.6 is 0 Å². The van der Waals surface area contributed by atoms with Crippen molar-refractivity contribution in [2.45, 2.75) is 18.2 Å². The summed E-state index contributed by atoms with van der Waals surface area (Å²) in [6.07, 6.45) is 0.929. The molecule has 0 saturated carbocycles. The number of benzene rings is 2. The zero-order valence-electron chi connectivity index (χ0n) is 14.2. The fraction of sp³-hybridized carbons (Fsp3) is 0.278. The molecule has 6 nitrogen and oxygen atoms in total. The highest BCUT2D eigenvalue weighted by Crippen LogP contribution is 2.27. The lowest BCUT2D eigenvalue weighted by atomic mass is 10.2. The second-order valence-corrected chi connectivity index (χ2v) is 7.89. The largest absolute Gasteiger partial charge is 0.362 e. The van der Waals surface area contributed by atoms with Gasteiger partial charge in [0.1, 0.15) is 0 Å². The topological polar surface area (TPSA) is 78.5 Å². The Kier molecular flexibility index (Phi) is 4.78. The average molecular weight is 359 g/mol. The lowest BCUT2D eigenvalue weighted by Crippen LogP contribution is -2.32. The standard InChI is InChI=1S/C18H21N3O3S/c1-13-7-8-15(11-17(13)25(23,24)19-2)20-18(22)12-21-10-9-14-5-3-4-6-16(14)21/h3-8,11,19H,9-10,12H2,1-2H3,(H,20,22). The molecule has 7 heteroatoms. The third kappa shape index (κ3) is 3.67. The van der Waals surface area contributed by atoms with Crippen molar-refractivity contribution in [3.63, 3.8) is 0 Å². The minimum atomic E-state index is -3.56. The molecule has 0 bridgehead atoms. The summed E-state index contributed by atoms with van der Waals surface area (Å²) in [6.45, 7) is 2.76. The van der Waals surface area contributed by atoms with E-state index in [9.17, 15) is 13.2 Å². The first-order valence-corrected chi connectivity index (χ1v) is 9.56. The molecule has 0 radical (unpaired) electrons. The molecule has 25 heavy (non-hydrogen) atoms. The number of carbonyl (C=O) groups is 1. The van der Waals surface area contributed by atoms with E-state index in [-0.39, 0.29) is 17.3 Å².